The van der Waals surface area contributed by atoms with Crippen LogP contribution in [-0.2, 0) is 12.8 Å². The Bertz CT molecular complexity index is 835. The van der Waals surface area contributed by atoms with E-state index < -0.39 is 0 Å². The van der Waals surface area contributed by atoms with E-state index in [-0.39, 0.29) is 30.9 Å². The van der Waals surface area contributed by atoms with Gasteiger partial charge in [0.05, 0.1) is 11.1 Å². The summed E-state index contributed by atoms with van der Waals surface area (Å²) in [5, 5.41) is 5.64. The largest absolute Gasteiger partial charge is 0.336 e. The van der Waals surface area contributed by atoms with Crippen molar-refractivity contribution in [2.75, 3.05) is 18.4 Å². The van der Waals surface area contributed by atoms with Crippen LogP contribution in [0.25, 0.3) is 0 Å². The summed E-state index contributed by atoms with van der Waals surface area (Å²) in [5.41, 5.74) is 3.81. The van der Waals surface area contributed by atoms with Gasteiger partial charge in [0.2, 0.25) is 0 Å². The van der Waals surface area contributed by atoms with Gasteiger partial charge in [-0.25, -0.2) is 4.79 Å². The molecule has 2 N–H and O–H groups in total. The number of amides is 4. The van der Waals surface area contributed by atoms with Gasteiger partial charge in [-0.2, -0.15) is 0 Å². The number of hydrogen-bond acceptors (Lipinski definition) is 3. The standard InChI is InChI=1S/C21H23N3O3/c1-3-14-8-7-9-15(4-2)18(14)23-21(27)22-12-13-24-19(25)16-10-5-6-11-17(16)20(24)26/h5-11H,3-4,12-13H2,1-2H3,(H2,22,23,27). The van der Waals surface area contributed by atoms with Crippen LogP contribution >= 0.6 is 0 Å². The van der Waals surface area contributed by atoms with Crippen LogP contribution in [0, 0.1) is 0 Å². The van der Waals surface area contributed by atoms with Gasteiger partial charge >= 0.3 is 6.03 Å². The minimum Gasteiger partial charge on any atom is -0.336 e. The maximum absolute atomic E-state index is 12.3. The number of nitrogens with one attached hydrogen (secondary N) is 2. The smallest absolute Gasteiger partial charge is 0.319 e. The molecule has 0 spiro atoms. The lowest BCUT2D eigenvalue weighted by atomic mass is 10.0. The van der Waals surface area contributed by atoms with E-state index in [2.05, 4.69) is 10.6 Å². The lowest BCUT2D eigenvalue weighted by Gasteiger charge is -2.17. The first kappa shape index (κ1) is 18.6. The van der Waals surface area contributed by atoms with Crippen LogP contribution in [0.1, 0.15) is 45.7 Å². The predicted molar refractivity (Wildman–Crippen MR) is 104 cm³/mol. The summed E-state index contributed by atoms with van der Waals surface area (Å²) < 4.78 is 0. The summed E-state index contributed by atoms with van der Waals surface area (Å²) in [4.78, 5) is 38.1. The predicted octanol–water partition coefficient (Wildman–Crippen LogP) is 3.23. The number of carbonyl (C=O) groups excluding carboxylic acids is 3. The van der Waals surface area contributed by atoms with E-state index in [1.807, 2.05) is 32.0 Å². The van der Waals surface area contributed by atoms with E-state index in [0.717, 1.165) is 29.7 Å². The fourth-order valence-corrected chi connectivity index (χ4v) is 3.28. The summed E-state index contributed by atoms with van der Waals surface area (Å²) in [6.07, 6.45) is 1.64. The molecule has 2 aromatic carbocycles. The van der Waals surface area contributed by atoms with Crippen molar-refractivity contribution >= 4 is 23.5 Å². The summed E-state index contributed by atoms with van der Waals surface area (Å²) in [7, 11) is 0. The van der Waals surface area contributed by atoms with Gasteiger partial charge in [0.1, 0.15) is 0 Å². The topological polar surface area (TPSA) is 78.5 Å². The molecular weight excluding hydrogens is 342 g/mol. The Morgan fingerprint density at radius 2 is 1.44 bits per heavy atom. The summed E-state index contributed by atoms with van der Waals surface area (Å²) in [6, 6.07) is 12.4. The molecule has 140 valence electrons. The zero-order valence-corrected chi connectivity index (χ0v) is 15.5. The molecule has 0 unspecified atom stereocenters. The fraction of sp³-hybridized carbons (Fsp3) is 0.286. The highest BCUT2D eigenvalue weighted by Gasteiger charge is 2.34. The van der Waals surface area contributed by atoms with Crippen LogP contribution < -0.4 is 10.6 Å². The highest BCUT2D eigenvalue weighted by molar-refractivity contribution is 6.21. The number of benzene rings is 2. The molecule has 0 saturated carbocycles. The third-order valence-electron chi connectivity index (χ3n) is 4.74. The van der Waals surface area contributed by atoms with Crippen molar-refractivity contribution in [1.82, 2.24) is 10.2 Å². The molecule has 6 nitrogen and oxygen atoms in total. The maximum Gasteiger partial charge on any atom is 0.319 e. The second kappa shape index (κ2) is 8.03. The summed E-state index contributed by atoms with van der Waals surface area (Å²) in [6.45, 7) is 4.41. The van der Waals surface area contributed by atoms with E-state index >= 15 is 0 Å². The first-order valence-electron chi connectivity index (χ1n) is 9.17. The van der Waals surface area contributed by atoms with Crippen molar-refractivity contribution in [1.29, 1.82) is 0 Å². The molecule has 4 amide bonds. The van der Waals surface area contributed by atoms with E-state index in [0.29, 0.717) is 11.1 Å². The number of fused-ring (bicyclic) bond motifs is 1. The molecule has 0 aromatic heterocycles. The average molecular weight is 365 g/mol. The number of carbonyl (C=O) groups is 3. The van der Waals surface area contributed by atoms with E-state index in [4.69, 9.17) is 0 Å². The third kappa shape index (κ3) is 3.69. The van der Waals surface area contributed by atoms with E-state index in [1.165, 1.54) is 4.90 Å². The Kier molecular flexibility index (Phi) is 5.54. The molecule has 6 heteroatoms. The Hall–Kier alpha value is -3.15. The fourth-order valence-electron chi connectivity index (χ4n) is 3.28. The van der Waals surface area contributed by atoms with Crippen molar-refractivity contribution in [2.24, 2.45) is 0 Å². The van der Waals surface area contributed by atoms with Gasteiger partial charge in [0.25, 0.3) is 11.8 Å². The average Bonchev–Trinajstić information content (AvgIpc) is 2.93. The highest BCUT2D eigenvalue weighted by Crippen LogP contribution is 2.23. The zero-order valence-electron chi connectivity index (χ0n) is 15.5. The molecule has 3 rings (SSSR count). The minimum absolute atomic E-state index is 0.135. The van der Waals surface area contributed by atoms with Crippen LogP contribution in [-0.4, -0.2) is 35.8 Å². The Morgan fingerprint density at radius 1 is 0.889 bits per heavy atom. The first-order chi connectivity index (χ1) is 13.1. The van der Waals surface area contributed by atoms with E-state index in [1.54, 1.807) is 24.3 Å². The Morgan fingerprint density at radius 3 is 1.96 bits per heavy atom. The molecule has 27 heavy (non-hydrogen) atoms. The van der Waals surface area contributed by atoms with Crippen LogP contribution in [0.15, 0.2) is 42.5 Å². The van der Waals surface area contributed by atoms with Crippen molar-refractivity contribution < 1.29 is 14.4 Å². The monoisotopic (exact) mass is 365 g/mol. The number of anilines is 1. The molecule has 0 radical (unpaired) electrons. The maximum atomic E-state index is 12.3. The summed E-state index contributed by atoms with van der Waals surface area (Å²) in [5.74, 6) is -0.634. The Balaban J connectivity index is 1.59. The number of imide groups is 1. The number of hydrogen-bond donors (Lipinski definition) is 2. The number of urea groups is 1. The number of para-hydroxylation sites is 1. The molecule has 0 atom stereocenters. The van der Waals surface area contributed by atoms with Crippen molar-refractivity contribution in [2.45, 2.75) is 26.7 Å². The van der Waals surface area contributed by atoms with Gasteiger partial charge in [-0.1, -0.05) is 44.2 Å². The normalized spacial score (nSPS) is 12.9. The molecule has 1 aliphatic rings. The van der Waals surface area contributed by atoms with E-state index in [9.17, 15) is 14.4 Å². The molecule has 1 aliphatic heterocycles. The van der Waals surface area contributed by atoms with Gasteiger partial charge in [-0.3, -0.25) is 14.5 Å². The molecular formula is C21H23N3O3. The van der Waals surface area contributed by atoms with Gasteiger partial charge in [-0.05, 0) is 36.1 Å². The number of nitrogens with zero attached hydrogens (tertiary/aromatic N) is 1. The Labute approximate surface area is 158 Å². The lowest BCUT2D eigenvalue weighted by molar-refractivity contribution is 0.0656. The SMILES string of the molecule is CCc1cccc(CC)c1NC(=O)NCCN1C(=O)c2ccccc2C1=O. The first-order valence-corrected chi connectivity index (χ1v) is 9.17. The second-order valence-corrected chi connectivity index (χ2v) is 6.35. The number of rotatable bonds is 6. The molecule has 2 aromatic rings. The molecule has 1 heterocycles. The van der Waals surface area contributed by atoms with Crippen molar-refractivity contribution in [3.63, 3.8) is 0 Å². The zero-order chi connectivity index (χ0) is 19.4. The van der Waals surface area contributed by atoms with Gasteiger partial charge in [0.15, 0.2) is 0 Å². The number of aryl methyl sites for hydroxylation is 2. The molecule has 0 saturated heterocycles. The van der Waals surface area contributed by atoms with Crippen LogP contribution in [0.5, 0.6) is 0 Å². The lowest BCUT2D eigenvalue weighted by Crippen LogP contribution is -2.39. The molecule has 0 aliphatic carbocycles. The van der Waals surface area contributed by atoms with Crippen LogP contribution in [0.3, 0.4) is 0 Å². The van der Waals surface area contributed by atoms with Crippen LogP contribution in [0.2, 0.25) is 0 Å². The summed E-state index contributed by atoms with van der Waals surface area (Å²) >= 11 is 0. The van der Waals surface area contributed by atoms with Crippen LogP contribution in [0.4, 0.5) is 10.5 Å². The molecule has 0 fully saturated rings. The quantitative estimate of drug-likeness (QED) is 0.772. The van der Waals surface area contributed by atoms with Crippen molar-refractivity contribution in [3.05, 3.63) is 64.7 Å². The minimum atomic E-state index is -0.345. The van der Waals surface area contributed by atoms with Crippen molar-refractivity contribution in [3.8, 4) is 0 Å². The molecule has 0 bridgehead atoms. The van der Waals surface area contributed by atoms with Gasteiger partial charge in [-0.15, -0.1) is 0 Å². The highest BCUT2D eigenvalue weighted by atomic mass is 16.2. The third-order valence-corrected chi connectivity index (χ3v) is 4.74. The second-order valence-electron chi connectivity index (χ2n) is 6.35. The van der Waals surface area contributed by atoms with Gasteiger partial charge < -0.3 is 10.6 Å². The van der Waals surface area contributed by atoms with Gasteiger partial charge in [0, 0.05) is 18.8 Å².